The number of hydrogen-bond donors (Lipinski definition) is 1. The molecule has 2 rings (SSSR count). The van der Waals surface area contributed by atoms with Gasteiger partial charge < -0.3 is 5.11 Å². The summed E-state index contributed by atoms with van der Waals surface area (Å²) in [7, 11) is 0. The van der Waals surface area contributed by atoms with Gasteiger partial charge in [0.2, 0.25) is 0 Å². The highest BCUT2D eigenvalue weighted by Crippen LogP contribution is 2.36. The van der Waals surface area contributed by atoms with E-state index in [1.807, 2.05) is 19.1 Å². The van der Waals surface area contributed by atoms with Crippen LogP contribution in [-0.4, -0.2) is 11.1 Å². The number of aliphatic carboxylic acids is 1. The summed E-state index contributed by atoms with van der Waals surface area (Å²) in [4.78, 5) is 11.2. The lowest BCUT2D eigenvalue weighted by Gasteiger charge is -2.26. The summed E-state index contributed by atoms with van der Waals surface area (Å²) in [6.45, 7) is 2.03. The molecule has 1 fully saturated rings. The quantitative estimate of drug-likeness (QED) is 0.835. The fraction of sp³-hybridized carbons (Fsp3) is 0.533. The number of carboxylic acids is 1. The van der Waals surface area contributed by atoms with E-state index < -0.39 is 5.97 Å². The van der Waals surface area contributed by atoms with Crippen molar-refractivity contribution in [3.63, 3.8) is 0 Å². The minimum atomic E-state index is -0.705. The van der Waals surface area contributed by atoms with E-state index >= 15 is 0 Å². The summed E-state index contributed by atoms with van der Waals surface area (Å²) in [6.07, 6.45) is 5.53. The van der Waals surface area contributed by atoms with Gasteiger partial charge in [0.05, 0.1) is 5.92 Å². The second-order valence-corrected chi connectivity index (χ2v) is 4.97. The zero-order valence-corrected chi connectivity index (χ0v) is 10.4. The molecule has 92 valence electrons. The Labute approximate surface area is 103 Å². The molecule has 17 heavy (non-hydrogen) atoms. The lowest BCUT2D eigenvalue weighted by Crippen LogP contribution is -2.12. The zero-order chi connectivity index (χ0) is 12.3. The molecule has 1 aromatic carbocycles. The van der Waals surface area contributed by atoms with Gasteiger partial charge in [0.15, 0.2) is 0 Å². The molecule has 0 spiro atoms. The van der Waals surface area contributed by atoms with Crippen LogP contribution >= 0.6 is 0 Å². The maximum absolute atomic E-state index is 11.2. The molecule has 1 atom stereocenters. The molecule has 0 aliphatic heterocycles. The standard InChI is InChI=1S/C15H20O2/c1-2-4-14(15(16)17)13-9-7-12(8-10-13)11-5-3-6-11/h7-11,14H,2-6H2,1H3,(H,16,17). The highest BCUT2D eigenvalue weighted by Gasteiger charge is 2.21. The van der Waals surface area contributed by atoms with Gasteiger partial charge in [0.25, 0.3) is 0 Å². The van der Waals surface area contributed by atoms with Crippen LogP contribution in [0.25, 0.3) is 0 Å². The van der Waals surface area contributed by atoms with E-state index in [0.29, 0.717) is 0 Å². The number of carbonyl (C=O) groups is 1. The van der Waals surface area contributed by atoms with E-state index in [1.165, 1.54) is 24.8 Å². The highest BCUT2D eigenvalue weighted by molar-refractivity contribution is 5.76. The van der Waals surface area contributed by atoms with Crippen molar-refractivity contribution in [3.8, 4) is 0 Å². The summed E-state index contributed by atoms with van der Waals surface area (Å²) in [5.41, 5.74) is 2.32. The van der Waals surface area contributed by atoms with Crippen LogP contribution < -0.4 is 0 Å². The summed E-state index contributed by atoms with van der Waals surface area (Å²) >= 11 is 0. The molecule has 1 saturated carbocycles. The predicted octanol–water partition coefficient (Wildman–Crippen LogP) is 3.92. The summed E-state index contributed by atoms with van der Waals surface area (Å²) in [5, 5.41) is 9.19. The van der Waals surface area contributed by atoms with Crippen molar-refractivity contribution in [1.29, 1.82) is 0 Å². The Kier molecular flexibility index (Phi) is 3.82. The van der Waals surface area contributed by atoms with Gasteiger partial charge in [-0.25, -0.2) is 0 Å². The number of rotatable bonds is 5. The molecular weight excluding hydrogens is 212 g/mol. The first-order chi connectivity index (χ1) is 8.22. The predicted molar refractivity (Wildman–Crippen MR) is 68.3 cm³/mol. The topological polar surface area (TPSA) is 37.3 Å². The number of carboxylic acid groups (broad SMARTS) is 1. The van der Waals surface area contributed by atoms with Crippen LogP contribution in [0.5, 0.6) is 0 Å². The van der Waals surface area contributed by atoms with Gasteiger partial charge in [0, 0.05) is 0 Å². The molecule has 0 amide bonds. The molecule has 2 heteroatoms. The monoisotopic (exact) mass is 232 g/mol. The summed E-state index contributed by atoms with van der Waals surface area (Å²) < 4.78 is 0. The molecule has 0 radical (unpaired) electrons. The van der Waals surface area contributed by atoms with Gasteiger partial charge in [-0.3, -0.25) is 4.79 Å². The van der Waals surface area contributed by atoms with Gasteiger partial charge >= 0.3 is 5.97 Å². The van der Waals surface area contributed by atoms with Crippen molar-refractivity contribution in [2.45, 2.75) is 50.9 Å². The fourth-order valence-corrected chi connectivity index (χ4v) is 2.46. The first kappa shape index (κ1) is 12.2. The van der Waals surface area contributed by atoms with Gasteiger partial charge in [0.1, 0.15) is 0 Å². The van der Waals surface area contributed by atoms with Gasteiger partial charge in [-0.1, -0.05) is 44.0 Å². The smallest absolute Gasteiger partial charge is 0.310 e. The molecule has 1 aliphatic rings. The molecular formula is C15H20O2. The summed E-state index contributed by atoms with van der Waals surface area (Å²) in [5.74, 6) is -0.322. The second-order valence-electron chi connectivity index (χ2n) is 4.97. The highest BCUT2D eigenvalue weighted by atomic mass is 16.4. The third-order valence-electron chi connectivity index (χ3n) is 3.79. The Morgan fingerprint density at radius 1 is 1.35 bits per heavy atom. The lowest BCUT2D eigenvalue weighted by atomic mass is 9.79. The van der Waals surface area contributed by atoms with E-state index in [-0.39, 0.29) is 5.92 Å². The van der Waals surface area contributed by atoms with Crippen LogP contribution in [-0.2, 0) is 4.79 Å². The molecule has 0 heterocycles. The third-order valence-corrected chi connectivity index (χ3v) is 3.79. The third kappa shape index (κ3) is 2.68. The van der Waals surface area contributed by atoms with Crippen LogP contribution in [0.15, 0.2) is 24.3 Å². The molecule has 1 aromatic rings. The van der Waals surface area contributed by atoms with E-state index in [0.717, 1.165) is 24.3 Å². The van der Waals surface area contributed by atoms with E-state index in [2.05, 4.69) is 12.1 Å². The molecule has 0 aromatic heterocycles. The molecule has 1 unspecified atom stereocenters. The van der Waals surface area contributed by atoms with Crippen LogP contribution in [0.4, 0.5) is 0 Å². The SMILES string of the molecule is CCCC(C(=O)O)c1ccc(C2CCC2)cc1. The molecule has 2 nitrogen and oxygen atoms in total. The van der Waals surface area contributed by atoms with Crippen molar-refractivity contribution in [2.75, 3.05) is 0 Å². The number of hydrogen-bond acceptors (Lipinski definition) is 1. The average Bonchev–Trinajstić information content (AvgIpc) is 2.24. The van der Waals surface area contributed by atoms with Crippen molar-refractivity contribution >= 4 is 5.97 Å². The normalized spacial score (nSPS) is 17.5. The van der Waals surface area contributed by atoms with Crippen molar-refractivity contribution < 1.29 is 9.90 Å². The molecule has 0 saturated heterocycles. The van der Waals surface area contributed by atoms with Crippen molar-refractivity contribution in [1.82, 2.24) is 0 Å². The Morgan fingerprint density at radius 3 is 2.41 bits per heavy atom. The minimum absolute atomic E-state index is 0.338. The minimum Gasteiger partial charge on any atom is -0.481 e. The van der Waals surface area contributed by atoms with Gasteiger partial charge in [-0.2, -0.15) is 0 Å². The summed E-state index contributed by atoms with van der Waals surface area (Å²) in [6, 6.07) is 8.24. The molecule has 0 bridgehead atoms. The first-order valence-electron chi connectivity index (χ1n) is 6.55. The average molecular weight is 232 g/mol. The van der Waals surface area contributed by atoms with Crippen LogP contribution in [0.1, 0.15) is 62.0 Å². The second kappa shape index (κ2) is 5.35. The maximum Gasteiger partial charge on any atom is 0.310 e. The first-order valence-corrected chi connectivity index (χ1v) is 6.55. The lowest BCUT2D eigenvalue weighted by molar-refractivity contribution is -0.139. The Morgan fingerprint density at radius 2 is 2.00 bits per heavy atom. The van der Waals surface area contributed by atoms with Crippen molar-refractivity contribution in [2.24, 2.45) is 0 Å². The van der Waals surface area contributed by atoms with Crippen LogP contribution in [0, 0.1) is 0 Å². The van der Waals surface area contributed by atoms with Gasteiger partial charge in [-0.15, -0.1) is 0 Å². The molecule has 1 N–H and O–H groups in total. The van der Waals surface area contributed by atoms with Gasteiger partial charge in [-0.05, 0) is 36.3 Å². The Balaban J connectivity index is 2.11. The fourth-order valence-electron chi connectivity index (χ4n) is 2.46. The number of benzene rings is 1. The molecule has 1 aliphatic carbocycles. The van der Waals surface area contributed by atoms with E-state index in [1.54, 1.807) is 0 Å². The largest absolute Gasteiger partial charge is 0.481 e. The van der Waals surface area contributed by atoms with Crippen LogP contribution in [0.2, 0.25) is 0 Å². The van der Waals surface area contributed by atoms with E-state index in [9.17, 15) is 9.90 Å². The zero-order valence-electron chi connectivity index (χ0n) is 10.4. The Hall–Kier alpha value is -1.31. The van der Waals surface area contributed by atoms with Crippen molar-refractivity contribution in [3.05, 3.63) is 35.4 Å². The Bertz CT molecular complexity index is 376. The maximum atomic E-state index is 11.2. The van der Waals surface area contributed by atoms with E-state index in [4.69, 9.17) is 0 Å². The van der Waals surface area contributed by atoms with Crippen LogP contribution in [0.3, 0.4) is 0 Å².